The van der Waals surface area contributed by atoms with Crippen molar-refractivity contribution in [2.24, 2.45) is 0 Å². The molecule has 1 aliphatic heterocycles. The van der Waals surface area contributed by atoms with Crippen molar-refractivity contribution in [2.75, 3.05) is 20.3 Å². The van der Waals surface area contributed by atoms with Gasteiger partial charge in [0.25, 0.3) is 0 Å². The van der Waals surface area contributed by atoms with Crippen molar-refractivity contribution in [1.29, 1.82) is 0 Å². The molecule has 1 fully saturated rings. The Hall–Kier alpha value is -0.600. The highest BCUT2D eigenvalue weighted by Gasteiger charge is 2.36. The Kier molecular flexibility index (Phi) is 8.73. The van der Waals surface area contributed by atoms with Crippen molar-refractivity contribution in [3.63, 3.8) is 0 Å². The fraction of sp³-hybridized carbons (Fsp3) is 0.824. The minimum Gasteiger partial charge on any atom is -0.598 e. The van der Waals surface area contributed by atoms with Crippen LogP contribution in [-0.4, -0.2) is 47.4 Å². The first kappa shape index (κ1) is 21.4. The van der Waals surface area contributed by atoms with E-state index in [1.54, 1.807) is 6.08 Å². The SMILES string of the molecule is CCC1(CC[C@@H](C/C=C/C(=O)OC)N[S+]([O-])C(C)(C)C)OCCO1. The summed E-state index contributed by atoms with van der Waals surface area (Å²) in [5.74, 6) is -0.923. The number of hydrogen-bond acceptors (Lipinski definition) is 6. The summed E-state index contributed by atoms with van der Waals surface area (Å²) in [5.41, 5.74) is 0. The molecule has 7 heteroatoms. The molecule has 0 amide bonds. The summed E-state index contributed by atoms with van der Waals surface area (Å²) >= 11 is -1.18. The Labute approximate surface area is 148 Å². The van der Waals surface area contributed by atoms with Crippen molar-refractivity contribution in [3.8, 4) is 0 Å². The Morgan fingerprint density at radius 3 is 2.54 bits per heavy atom. The van der Waals surface area contributed by atoms with Gasteiger partial charge in [-0.05, 0) is 40.0 Å². The van der Waals surface area contributed by atoms with Gasteiger partial charge < -0.3 is 18.8 Å². The maximum absolute atomic E-state index is 12.4. The predicted molar refractivity (Wildman–Crippen MR) is 94.8 cm³/mol. The highest BCUT2D eigenvalue weighted by atomic mass is 32.2. The quantitative estimate of drug-likeness (QED) is 0.386. The van der Waals surface area contributed by atoms with Gasteiger partial charge in [-0.15, -0.1) is 4.72 Å². The van der Waals surface area contributed by atoms with Gasteiger partial charge in [-0.3, -0.25) is 0 Å². The van der Waals surface area contributed by atoms with Gasteiger partial charge in [0.05, 0.1) is 26.4 Å². The number of methoxy groups -OCH3 is 1. The number of hydrogen-bond donors (Lipinski definition) is 1. The molecule has 0 aliphatic carbocycles. The molecule has 1 heterocycles. The number of ether oxygens (including phenoxy) is 3. The number of rotatable bonds is 9. The van der Waals surface area contributed by atoms with Crippen LogP contribution < -0.4 is 4.72 Å². The van der Waals surface area contributed by atoms with E-state index in [-0.39, 0.29) is 10.8 Å². The van der Waals surface area contributed by atoms with Crippen molar-refractivity contribution in [1.82, 2.24) is 4.72 Å². The zero-order valence-electron chi connectivity index (χ0n) is 15.4. The average molecular weight is 362 g/mol. The number of nitrogens with one attached hydrogen (secondary N) is 1. The van der Waals surface area contributed by atoms with E-state index in [2.05, 4.69) is 9.46 Å². The van der Waals surface area contributed by atoms with E-state index in [4.69, 9.17) is 9.47 Å². The smallest absolute Gasteiger partial charge is 0.330 e. The summed E-state index contributed by atoms with van der Waals surface area (Å²) in [6.07, 6.45) is 5.96. The molecule has 0 saturated carbocycles. The molecular weight excluding hydrogens is 330 g/mol. The lowest BCUT2D eigenvalue weighted by atomic mass is 10.0. The fourth-order valence-corrected chi connectivity index (χ4v) is 3.24. The van der Waals surface area contributed by atoms with E-state index in [0.29, 0.717) is 26.1 Å². The summed E-state index contributed by atoms with van der Waals surface area (Å²) in [7, 11) is 1.34. The topological polar surface area (TPSA) is 79.9 Å². The first-order chi connectivity index (χ1) is 11.2. The molecule has 1 unspecified atom stereocenters. The third kappa shape index (κ3) is 7.11. The third-order valence-electron chi connectivity index (χ3n) is 3.93. The minimum absolute atomic E-state index is 0.0396. The van der Waals surface area contributed by atoms with Crippen LogP contribution in [0.25, 0.3) is 0 Å². The lowest BCUT2D eigenvalue weighted by molar-refractivity contribution is -0.165. The molecule has 1 saturated heterocycles. The maximum atomic E-state index is 12.4. The van der Waals surface area contributed by atoms with Gasteiger partial charge in [0.1, 0.15) is 4.75 Å². The molecule has 0 spiro atoms. The van der Waals surface area contributed by atoms with Crippen LogP contribution in [0, 0.1) is 0 Å². The lowest BCUT2D eigenvalue weighted by Gasteiger charge is -2.30. The molecule has 6 nitrogen and oxygen atoms in total. The highest BCUT2D eigenvalue weighted by molar-refractivity contribution is 7.90. The second-order valence-electron chi connectivity index (χ2n) is 6.86. The molecule has 1 rings (SSSR count). The molecule has 1 N–H and O–H groups in total. The van der Waals surface area contributed by atoms with E-state index in [1.807, 2.05) is 27.7 Å². The molecule has 2 atom stereocenters. The van der Waals surface area contributed by atoms with Crippen LogP contribution in [0.3, 0.4) is 0 Å². The molecule has 0 aromatic rings. The molecule has 1 aliphatic rings. The van der Waals surface area contributed by atoms with E-state index < -0.39 is 23.1 Å². The van der Waals surface area contributed by atoms with E-state index in [0.717, 1.165) is 12.8 Å². The first-order valence-corrected chi connectivity index (χ1v) is 9.58. The van der Waals surface area contributed by atoms with Gasteiger partial charge in [0.2, 0.25) is 0 Å². The van der Waals surface area contributed by atoms with Gasteiger partial charge in [0, 0.05) is 23.9 Å². The molecule has 0 bridgehead atoms. The molecular formula is C17H31NO5S. The molecule has 24 heavy (non-hydrogen) atoms. The lowest BCUT2D eigenvalue weighted by Crippen LogP contribution is -2.45. The highest BCUT2D eigenvalue weighted by Crippen LogP contribution is 2.29. The van der Waals surface area contributed by atoms with Crippen molar-refractivity contribution < 1.29 is 23.6 Å². The Balaban J connectivity index is 2.65. The minimum atomic E-state index is -1.18. The summed E-state index contributed by atoms with van der Waals surface area (Å²) in [5, 5.41) is 0. The molecule has 0 aromatic carbocycles. The number of carbonyl (C=O) groups excluding carboxylic acids is 1. The first-order valence-electron chi connectivity index (χ1n) is 8.43. The average Bonchev–Trinajstić information content (AvgIpc) is 3.00. The van der Waals surface area contributed by atoms with Gasteiger partial charge in [-0.25, -0.2) is 4.79 Å². The molecule has 140 valence electrons. The van der Waals surface area contributed by atoms with E-state index in [1.165, 1.54) is 13.2 Å². The third-order valence-corrected chi connectivity index (χ3v) is 5.59. The Bertz CT molecular complexity index is 416. The fourth-order valence-electron chi connectivity index (χ4n) is 2.37. The molecule has 0 aromatic heterocycles. The van der Waals surface area contributed by atoms with Crippen LogP contribution in [0.2, 0.25) is 0 Å². The van der Waals surface area contributed by atoms with Crippen molar-refractivity contribution >= 4 is 17.3 Å². The van der Waals surface area contributed by atoms with Crippen LogP contribution in [0.4, 0.5) is 0 Å². The monoisotopic (exact) mass is 361 g/mol. The van der Waals surface area contributed by atoms with Gasteiger partial charge in [-0.2, -0.15) is 0 Å². The van der Waals surface area contributed by atoms with Crippen molar-refractivity contribution in [2.45, 2.75) is 70.0 Å². The van der Waals surface area contributed by atoms with Crippen LogP contribution >= 0.6 is 0 Å². The Morgan fingerprint density at radius 1 is 1.42 bits per heavy atom. The predicted octanol–water partition coefficient (Wildman–Crippen LogP) is 2.46. The van der Waals surface area contributed by atoms with Crippen LogP contribution in [-0.2, 0) is 30.4 Å². The summed E-state index contributed by atoms with van der Waals surface area (Å²) in [6.45, 7) is 9.04. The van der Waals surface area contributed by atoms with E-state index in [9.17, 15) is 9.35 Å². The van der Waals surface area contributed by atoms with Crippen LogP contribution in [0.15, 0.2) is 12.2 Å². The number of carbonyl (C=O) groups is 1. The molecule has 0 radical (unpaired) electrons. The zero-order valence-corrected chi connectivity index (χ0v) is 16.2. The van der Waals surface area contributed by atoms with Gasteiger partial charge in [-0.1, -0.05) is 13.0 Å². The second kappa shape index (κ2) is 9.77. The number of esters is 1. The normalized spacial score (nSPS) is 20.2. The van der Waals surface area contributed by atoms with Crippen LogP contribution in [0.1, 0.15) is 53.4 Å². The largest absolute Gasteiger partial charge is 0.598 e. The van der Waals surface area contributed by atoms with Gasteiger partial charge >= 0.3 is 5.97 Å². The zero-order chi connectivity index (χ0) is 18.2. The van der Waals surface area contributed by atoms with E-state index >= 15 is 0 Å². The standard InChI is InChI=1S/C17H31NO5S/c1-6-17(22-12-13-23-17)11-10-14(8-7-9-15(19)21-5)18-24(20)16(2,3)4/h7,9,14,18H,6,8,10-13H2,1-5H3/b9-7+/t14-,24?/m1/s1. The van der Waals surface area contributed by atoms with Gasteiger partial charge in [0.15, 0.2) is 5.79 Å². The maximum Gasteiger partial charge on any atom is 0.330 e. The summed E-state index contributed by atoms with van der Waals surface area (Å²) in [4.78, 5) is 11.2. The van der Waals surface area contributed by atoms with Crippen LogP contribution in [0.5, 0.6) is 0 Å². The van der Waals surface area contributed by atoms with Crippen molar-refractivity contribution in [3.05, 3.63) is 12.2 Å². The summed E-state index contributed by atoms with van der Waals surface area (Å²) < 4.78 is 31.3. The summed E-state index contributed by atoms with van der Waals surface area (Å²) in [6, 6.07) is -0.0396. The second-order valence-corrected chi connectivity index (χ2v) is 8.85. The Morgan fingerprint density at radius 2 is 2.04 bits per heavy atom.